The van der Waals surface area contributed by atoms with Crippen molar-refractivity contribution in [3.05, 3.63) is 17.5 Å². The van der Waals surface area contributed by atoms with Crippen LogP contribution in [-0.2, 0) is 12.0 Å². The van der Waals surface area contributed by atoms with Crippen LogP contribution in [0, 0.1) is 0 Å². The fourth-order valence-electron chi connectivity index (χ4n) is 2.69. The maximum Gasteiger partial charge on any atom is 0.257 e. The molecular formula is C15H26N4O. The molecule has 1 saturated heterocycles. The zero-order valence-corrected chi connectivity index (χ0v) is 13.1. The number of rotatable bonds is 2. The molecule has 1 amide bonds. The Labute approximate surface area is 121 Å². The predicted octanol–water partition coefficient (Wildman–Crippen LogP) is 1.64. The number of carbonyl (C=O) groups is 1. The van der Waals surface area contributed by atoms with E-state index in [9.17, 15) is 4.79 Å². The van der Waals surface area contributed by atoms with E-state index >= 15 is 0 Å². The molecule has 1 fully saturated rings. The number of hydrogen-bond acceptors (Lipinski definition) is 3. The molecule has 0 radical (unpaired) electrons. The van der Waals surface area contributed by atoms with Crippen LogP contribution in [0.4, 0.5) is 0 Å². The van der Waals surface area contributed by atoms with Crippen molar-refractivity contribution in [3.63, 3.8) is 0 Å². The van der Waals surface area contributed by atoms with Crippen LogP contribution in [0.5, 0.6) is 0 Å². The second-order valence-corrected chi connectivity index (χ2v) is 6.34. The Hall–Kier alpha value is -1.36. The van der Waals surface area contributed by atoms with Crippen molar-refractivity contribution >= 4 is 5.91 Å². The number of nitrogens with one attached hydrogen (secondary N) is 1. The van der Waals surface area contributed by atoms with Gasteiger partial charge in [0.1, 0.15) is 0 Å². The van der Waals surface area contributed by atoms with E-state index in [0.29, 0.717) is 0 Å². The van der Waals surface area contributed by atoms with Gasteiger partial charge in [-0.25, -0.2) is 0 Å². The van der Waals surface area contributed by atoms with Gasteiger partial charge in [0.05, 0.1) is 23.0 Å². The van der Waals surface area contributed by atoms with Crippen LogP contribution < -0.4 is 5.32 Å². The van der Waals surface area contributed by atoms with Gasteiger partial charge in [0.2, 0.25) is 0 Å². The van der Waals surface area contributed by atoms with Crippen molar-refractivity contribution in [2.75, 3.05) is 26.2 Å². The third-order valence-electron chi connectivity index (χ3n) is 3.70. The minimum absolute atomic E-state index is 0.0930. The topological polar surface area (TPSA) is 50.2 Å². The molecule has 1 aromatic rings. The molecule has 1 aliphatic rings. The summed E-state index contributed by atoms with van der Waals surface area (Å²) in [7, 11) is 0. The van der Waals surface area contributed by atoms with Crippen molar-refractivity contribution in [2.24, 2.45) is 0 Å². The van der Waals surface area contributed by atoms with Crippen LogP contribution in [-0.4, -0.2) is 46.8 Å². The fourth-order valence-corrected chi connectivity index (χ4v) is 2.69. The highest BCUT2D eigenvalue weighted by molar-refractivity contribution is 5.95. The Kier molecular flexibility index (Phi) is 4.48. The van der Waals surface area contributed by atoms with Gasteiger partial charge in [-0.1, -0.05) is 6.92 Å². The molecule has 0 unspecified atom stereocenters. The lowest BCUT2D eigenvalue weighted by Gasteiger charge is -2.24. The lowest BCUT2D eigenvalue weighted by atomic mass is 10.1. The van der Waals surface area contributed by atoms with Gasteiger partial charge in [-0.15, -0.1) is 0 Å². The molecule has 5 nitrogen and oxygen atoms in total. The van der Waals surface area contributed by atoms with Gasteiger partial charge in [0, 0.05) is 19.6 Å². The van der Waals surface area contributed by atoms with Gasteiger partial charge in [-0.05, 0) is 40.2 Å². The molecule has 0 aliphatic carbocycles. The third-order valence-corrected chi connectivity index (χ3v) is 3.70. The van der Waals surface area contributed by atoms with Crippen molar-refractivity contribution < 1.29 is 4.79 Å². The third kappa shape index (κ3) is 3.03. The maximum atomic E-state index is 12.7. The highest BCUT2D eigenvalue weighted by atomic mass is 16.2. The minimum Gasteiger partial charge on any atom is -0.337 e. The molecule has 1 aromatic heterocycles. The molecule has 2 rings (SSSR count). The molecule has 0 bridgehead atoms. The lowest BCUT2D eigenvalue weighted by molar-refractivity contribution is 0.0765. The zero-order valence-electron chi connectivity index (χ0n) is 13.1. The molecule has 112 valence electrons. The first-order chi connectivity index (χ1) is 9.45. The number of aromatic nitrogens is 2. The summed E-state index contributed by atoms with van der Waals surface area (Å²) >= 11 is 0. The van der Waals surface area contributed by atoms with E-state index in [1.807, 2.05) is 9.58 Å². The van der Waals surface area contributed by atoms with Crippen molar-refractivity contribution in [1.82, 2.24) is 20.0 Å². The highest BCUT2D eigenvalue weighted by Crippen LogP contribution is 2.21. The largest absolute Gasteiger partial charge is 0.337 e. The minimum atomic E-state index is -0.0930. The average Bonchev–Trinajstić information content (AvgIpc) is 2.65. The van der Waals surface area contributed by atoms with E-state index < -0.39 is 0 Å². The summed E-state index contributed by atoms with van der Waals surface area (Å²) in [6, 6.07) is 0. The summed E-state index contributed by atoms with van der Waals surface area (Å²) in [5, 5.41) is 7.78. The van der Waals surface area contributed by atoms with E-state index in [-0.39, 0.29) is 11.4 Å². The number of carbonyl (C=O) groups excluding carboxylic acids is 1. The van der Waals surface area contributed by atoms with Gasteiger partial charge >= 0.3 is 0 Å². The van der Waals surface area contributed by atoms with Crippen molar-refractivity contribution in [3.8, 4) is 0 Å². The maximum absolute atomic E-state index is 12.7. The molecular weight excluding hydrogens is 252 g/mol. The first-order valence-corrected chi connectivity index (χ1v) is 7.52. The molecule has 5 heteroatoms. The second kappa shape index (κ2) is 5.95. The molecule has 0 aromatic carbocycles. The van der Waals surface area contributed by atoms with Crippen molar-refractivity contribution in [1.29, 1.82) is 0 Å². The first kappa shape index (κ1) is 15.0. The Balaban J connectivity index is 2.27. The monoisotopic (exact) mass is 278 g/mol. The quantitative estimate of drug-likeness (QED) is 0.894. The Morgan fingerprint density at radius 2 is 2.10 bits per heavy atom. The number of amides is 1. The molecule has 20 heavy (non-hydrogen) atoms. The average molecular weight is 278 g/mol. The van der Waals surface area contributed by atoms with Gasteiger partial charge in [-0.3, -0.25) is 9.48 Å². The SMILES string of the molecule is CCc1c(C(=O)N2CCCNCC2)cnn1C(C)(C)C. The van der Waals surface area contributed by atoms with Crippen molar-refractivity contribution in [2.45, 2.75) is 46.1 Å². The van der Waals surface area contributed by atoms with E-state index in [4.69, 9.17) is 0 Å². The Bertz CT molecular complexity index is 465. The van der Waals surface area contributed by atoms with Crippen LogP contribution in [0.15, 0.2) is 6.20 Å². The lowest BCUT2D eigenvalue weighted by Crippen LogP contribution is -2.35. The summed E-state index contributed by atoms with van der Waals surface area (Å²) in [5.74, 6) is 0.126. The van der Waals surface area contributed by atoms with Gasteiger partial charge in [0.25, 0.3) is 5.91 Å². The van der Waals surface area contributed by atoms with Gasteiger partial charge < -0.3 is 10.2 Å². The van der Waals surface area contributed by atoms with E-state index in [0.717, 1.165) is 50.3 Å². The molecule has 0 atom stereocenters. The van der Waals surface area contributed by atoms with E-state index in [1.165, 1.54) is 0 Å². The summed E-state index contributed by atoms with van der Waals surface area (Å²) < 4.78 is 1.98. The molecule has 1 N–H and O–H groups in total. The van der Waals surface area contributed by atoms with Crippen LogP contribution in [0.25, 0.3) is 0 Å². The van der Waals surface area contributed by atoms with Gasteiger partial charge in [0.15, 0.2) is 0 Å². The Morgan fingerprint density at radius 3 is 2.75 bits per heavy atom. The van der Waals surface area contributed by atoms with Crippen LogP contribution in [0.2, 0.25) is 0 Å². The van der Waals surface area contributed by atoms with Crippen LogP contribution in [0.3, 0.4) is 0 Å². The van der Waals surface area contributed by atoms with E-state index in [2.05, 4.69) is 38.1 Å². The summed E-state index contributed by atoms with van der Waals surface area (Å²) in [6.45, 7) is 11.9. The highest BCUT2D eigenvalue weighted by Gasteiger charge is 2.26. The first-order valence-electron chi connectivity index (χ1n) is 7.52. The predicted molar refractivity (Wildman–Crippen MR) is 80.0 cm³/mol. The summed E-state index contributed by atoms with van der Waals surface area (Å²) in [6.07, 6.45) is 3.58. The van der Waals surface area contributed by atoms with Crippen LogP contribution in [0.1, 0.15) is 50.2 Å². The number of hydrogen-bond donors (Lipinski definition) is 1. The molecule has 2 heterocycles. The normalized spacial score (nSPS) is 17.1. The van der Waals surface area contributed by atoms with Crippen LogP contribution >= 0.6 is 0 Å². The standard InChI is InChI=1S/C15H26N4O/c1-5-13-12(11-17-19(13)15(2,3)4)14(20)18-9-6-7-16-8-10-18/h11,16H,5-10H2,1-4H3. The van der Waals surface area contributed by atoms with E-state index in [1.54, 1.807) is 6.20 Å². The number of nitrogens with zero attached hydrogens (tertiary/aromatic N) is 3. The van der Waals surface area contributed by atoms with Gasteiger partial charge in [-0.2, -0.15) is 5.10 Å². The smallest absolute Gasteiger partial charge is 0.257 e. The summed E-state index contributed by atoms with van der Waals surface area (Å²) in [5.41, 5.74) is 1.72. The molecule has 0 saturated carbocycles. The summed E-state index contributed by atoms with van der Waals surface area (Å²) in [4.78, 5) is 14.7. The molecule has 1 aliphatic heterocycles. The fraction of sp³-hybridized carbons (Fsp3) is 0.733. The zero-order chi connectivity index (χ0) is 14.8. The Morgan fingerprint density at radius 1 is 1.35 bits per heavy atom. The second-order valence-electron chi connectivity index (χ2n) is 6.34. The molecule has 0 spiro atoms.